The van der Waals surface area contributed by atoms with Gasteiger partial charge in [-0.25, -0.2) is 18.9 Å². The molecule has 2 bridgehead atoms. The van der Waals surface area contributed by atoms with Crippen molar-refractivity contribution in [2.75, 3.05) is 11.9 Å². The van der Waals surface area contributed by atoms with Crippen LogP contribution in [0.25, 0.3) is 27.1 Å². The van der Waals surface area contributed by atoms with Crippen LogP contribution < -0.4 is 10.2 Å². The average Bonchev–Trinajstić information content (AvgIpc) is 3.43. The van der Waals surface area contributed by atoms with Gasteiger partial charge >= 0.3 is 0 Å². The zero-order chi connectivity index (χ0) is 21.3. The Morgan fingerprint density at radius 2 is 1.90 bits per heavy atom. The smallest absolute Gasteiger partial charge is 0.186 e. The predicted molar refractivity (Wildman–Crippen MR) is 122 cm³/mol. The van der Waals surface area contributed by atoms with Crippen LogP contribution >= 0.6 is 11.3 Å². The fourth-order valence-corrected chi connectivity index (χ4v) is 6.21. The van der Waals surface area contributed by atoms with Crippen LogP contribution in [0.1, 0.15) is 36.9 Å². The first-order chi connectivity index (χ1) is 14.9. The van der Waals surface area contributed by atoms with Crippen LogP contribution in [-0.2, 0) is 0 Å². The van der Waals surface area contributed by atoms with Gasteiger partial charge in [0.1, 0.15) is 5.52 Å². The van der Waals surface area contributed by atoms with Crippen LogP contribution in [0.5, 0.6) is 0 Å². The van der Waals surface area contributed by atoms with Crippen molar-refractivity contribution in [2.45, 2.75) is 57.7 Å². The van der Waals surface area contributed by atoms with Gasteiger partial charge in [-0.15, -0.1) is 0 Å². The molecule has 2 saturated heterocycles. The molecule has 0 aliphatic carbocycles. The molecule has 31 heavy (non-hydrogen) atoms. The molecule has 1 N–H and O–H groups in total. The maximum Gasteiger partial charge on any atom is 0.186 e. The number of nitrogens with one attached hydrogen (secondary N) is 1. The molecule has 3 aromatic heterocycles. The molecule has 2 aliphatic heterocycles. The van der Waals surface area contributed by atoms with Crippen molar-refractivity contribution in [1.82, 2.24) is 24.9 Å². The number of fused-ring (bicyclic) bond motifs is 4. The van der Waals surface area contributed by atoms with Gasteiger partial charge in [-0.05, 0) is 63.3 Å². The predicted octanol–water partition coefficient (Wildman–Crippen LogP) is 4.48. The molecular weight excluding hydrogens is 411 g/mol. The number of anilines is 1. The Hall–Kier alpha value is -2.58. The van der Waals surface area contributed by atoms with Gasteiger partial charge in [0.2, 0.25) is 0 Å². The van der Waals surface area contributed by atoms with E-state index in [1.165, 1.54) is 12.8 Å². The first-order valence-electron chi connectivity index (χ1n) is 10.9. The van der Waals surface area contributed by atoms with E-state index < -0.39 is 0 Å². The molecule has 6 rings (SSSR count). The molecule has 5 heterocycles. The normalized spacial score (nSPS) is 23.2. The van der Waals surface area contributed by atoms with Crippen LogP contribution in [0, 0.1) is 19.7 Å². The van der Waals surface area contributed by atoms with Gasteiger partial charge in [0.05, 0.1) is 22.3 Å². The highest BCUT2D eigenvalue weighted by molar-refractivity contribution is 7.22. The highest BCUT2D eigenvalue weighted by Crippen LogP contribution is 2.37. The molecule has 1 aromatic carbocycles. The molecule has 0 radical (unpaired) electrons. The number of nitrogens with zero attached hydrogens (tertiary/aromatic N) is 5. The zero-order valence-corrected chi connectivity index (χ0v) is 18.7. The summed E-state index contributed by atoms with van der Waals surface area (Å²) < 4.78 is 17.7. The van der Waals surface area contributed by atoms with Crippen molar-refractivity contribution < 1.29 is 4.39 Å². The third-order valence-electron chi connectivity index (χ3n) is 6.76. The number of thiazole rings is 1. The number of benzene rings is 1. The molecule has 2 fully saturated rings. The summed E-state index contributed by atoms with van der Waals surface area (Å²) in [4.78, 5) is 11.4. The highest BCUT2D eigenvalue weighted by Gasteiger charge is 2.36. The SMILES string of the molecule is Cc1cn2nc(-c3cc(F)c4nc(N(C)C5C[C@H]6CC[C@@H](C5)N6)sc4c3)cc(C)c2n1. The van der Waals surface area contributed by atoms with Gasteiger partial charge in [-0.2, -0.15) is 5.10 Å². The van der Waals surface area contributed by atoms with Gasteiger partial charge in [0, 0.05) is 30.7 Å². The van der Waals surface area contributed by atoms with Crippen LogP contribution in [-0.4, -0.2) is 44.8 Å². The number of piperidine rings is 1. The standard InChI is InChI=1S/C23H25FN6S/c1-12-6-19(28-30-11-13(2)25-22(12)30)14-7-18(24)21-20(8-14)31-23(27-21)29(3)17-9-15-4-5-16(10-17)26-15/h6-8,11,15-17,26H,4-5,9-10H2,1-3H3/t15-,16+,17?. The Kier molecular flexibility index (Phi) is 4.30. The van der Waals surface area contributed by atoms with E-state index >= 15 is 4.39 Å². The molecule has 0 saturated carbocycles. The molecule has 6 nitrogen and oxygen atoms in total. The topological polar surface area (TPSA) is 58.4 Å². The van der Waals surface area contributed by atoms with E-state index in [1.807, 2.05) is 32.2 Å². The van der Waals surface area contributed by atoms with Crippen LogP contribution in [0.3, 0.4) is 0 Å². The minimum Gasteiger partial charge on any atom is -0.348 e. The fourth-order valence-electron chi connectivity index (χ4n) is 5.16. The largest absolute Gasteiger partial charge is 0.348 e. The minimum absolute atomic E-state index is 0.296. The summed E-state index contributed by atoms with van der Waals surface area (Å²) in [5, 5.41) is 9.25. The van der Waals surface area contributed by atoms with Crippen LogP contribution in [0.2, 0.25) is 0 Å². The van der Waals surface area contributed by atoms with Crippen molar-refractivity contribution >= 4 is 32.3 Å². The van der Waals surface area contributed by atoms with Crippen molar-refractivity contribution in [1.29, 1.82) is 0 Å². The molecule has 1 unspecified atom stereocenters. The molecule has 2 aliphatic rings. The Balaban J connectivity index is 1.37. The maximum atomic E-state index is 15.1. The zero-order valence-electron chi connectivity index (χ0n) is 17.9. The third kappa shape index (κ3) is 3.20. The second-order valence-electron chi connectivity index (χ2n) is 9.04. The highest BCUT2D eigenvalue weighted by atomic mass is 32.1. The van der Waals surface area contributed by atoms with E-state index in [2.05, 4.69) is 32.3 Å². The van der Waals surface area contributed by atoms with Gasteiger partial charge in [-0.1, -0.05) is 11.3 Å². The number of hydrogen-bond donors (Lipinski definition) is 1. The van der Waals surface area contributed by atoms with E-state index in [0.717, 1.165) is 50.8 Å². The average molecular weight is 437 g/mol. The van der Waals surface area contributed by atoms with Crippen LogP contribution in [0.4, 0.5) is 9.52 Å². The van der Waals surface area contributed by atoms with Crippen molar-refractivity contribution in [2.24, 2.45) is 0 Å². The quantitative estimate of drug-likeness (QED) is 0.513. The lowest BCUT2D eigenvalue weighted by Gasteiger charge is -2.35. The van der Waals surface area contributed by atoms with Crippen LogP contribution in [0.15, 0.2) is 24.4 Å². The van der Waals surface area contributed by atoms with Gasteiger partial charge in [0.25, 0.3) is 0 Å². The number of imidazole rings is 1. The number of aromatic nitrogens is 4. The van der Waals surface area contributed by atoms with Gasteiger partial charge < -0.3 is 10.2 Å². The van der Waals surface area contributed by atoms with Crippen molar-refractivity contribution in [3.8, 4) is 11.3 Å². The van der Waals surface area contributed by atoms with Crippen molar-refractivity contribution in [3.63, 3.8) is 0 Å². The number of hydrogen-bond acceptors (Lipinski definition) is 6. The Morgan fingerprint density at radius 3 is 2.68 bits per heavy atom. The molecule has 0 spiro atoms. The molecule has 4 aromatic rings. The van der Waals surface area contributed by atoms with Gasteiger partial charge in [0.15, 0.2) is 16.6 Å². The summed E-state index contributed by atoms with van der Waals surface area (Å²) in [7, 11) is 2.10. The van der Waals surface area contributed by atoms with E-state index in [1.54, 1.807) is 21.9 Å². The summed E-state index contributed by atoms with van der Waals surface area (Å²) in [6.07, 6.45) is 6.68. The molecule has 8 heteroatoms. The summed E-state index contributed by atoms with van der Waals surface area (Å²) in [6, 6.07) is 7.21. The summed E-state index contributed by atoms with van der Waals surface area (Å²) in [5.74, 6) is -0.296. The molecular formula is C23H25FN6S. The maximum absolute atomic E-state index is 15.1. The second kappa shape index (κ2) is 6.97. The first-order valence-corrected chi connectivity index (χ1v) is 11.7. The lowest BCUT2D eigenvalue weighted by molar-refractivity contribution is 0.354. The Labute approximate surface area is 184 Å². The summed E-state index contributed by atoms with van der Waals surface area (Å²) >= 11 is 1.56. The van der Waals surface area contributed by atoms with Gasteiger partial charge in [-0.3, -0.25) is 0 Å². The van der Waals surface area contributed by atoms with E-state index in [9.17, 15) is 0 Å². The third-order valence-corrected chi connectivity index (χ3v) is 7.85. The van der Waals surface area contributed by atoms with E-state index in [0.29, 0.717) is 23.6 Å². The first kappa shape index (κ1) is 19.1. The molecule has 160 valence electrons. The second-order valence-corrected chi connectivity index (χ2v) is 10.0. The van der Waals surface area contributed by atoms with Crippen molar-refractivity contribution in [3.05, 3.63) is 41.5 Å². The number of aryl methyl sites for hydroxylation is 2. The Morgan fingerprint density at radius 1 is 1.13 bits per heavy atom. The molecule has 0 amide bonds. The lowest BCUT2D eigenvalue weighted by Crippen LogP contribution is -2.47. The Bertz CT molecular complexity index is 1300. The van der Waals surface area contributed by atoms with E-state index in [4.69, 9.17) is 0 Å². The minimum atomic E-state index is -0.296. The van der Waals surface area contributed by atoms with E-state index in [-0.39, 0.29) is 5.82 Å². The number of rotatable bonds is 3. The fraction of sp³-hybridized carbons (Fsp3) is 0.435. The lowest BCUT2D eigenvalue weighted by atomic mass is 9.99. The summed E-state index contributed by atoms with van der Waals surface area (Å²) in [5.41, 5.74) is 4.71. The summed E-state index contributed by atoms with van der Waals surface area (Å²) in [6.45, 7) is 3.95. The number of halogens is 1. The molecule has 3 atom stereocenters. The monoisotopic (exact) mass is 436 g/mol.